The molecule has 3 nitrogen and oxygen atoms in total. The van der Waals surface area contributed by atoms with Gasteiger partial charge in [-0.05, 0) is 24.6 Å². The van der Waals surface area contributed by atoms with E-state index in [1.807, 2.05) is 38.0 Å². The molecule has 1 rings (SSSR count). The van der Waals surface area contributed by atoms with E-state index in [0.29, 0.717) is 0 Å². The van der Waals surface area contributed by atoms with E-state index in [1.54, 1.807) is 0 Å². The van der Waals surface area contributed by atoms with Gasteiger partial charge in [-0.3, -0.25) is 0 Å². The second kappa shape index (κ2) is 9.95. The van der Waals surface area contributed by atoms with Gasteiger partial charge in [0.25, 0.3) is 0 Å². The van der Waals surface area contributed by atoms with Crippen molar-refractivity contribution in [2.45, 2.75) is 38.2 Å². The molecule has 1 saturated carbocycles. The number of aliphatic hydroxyl groups is 1. The minimum absolute atomic E-state index is 0.0359. The Morgan fingerprint density at radius 1 is 0.944 bits per heavy atom. The predicted molar refractivity (Wildman–Crippen MR) is 89.3 cm³/mol. The summed E-state index contributed by atoms with van der Waals surface area (Å²) in [6.45, 7) is 0. The lowest BCUT2D eigenvalue weighted by atomic mass is 9.98. The molecule has 0 saturated heterocycles. The first-order chi connectivity index (χ1) is 8.34. The lowest BCUT2D eigenvalue weighted by Gasteiger charge is -2.16. The lowest BCUT2D eigenvalue weighted by Crippen LogP contribution is -2.23. The average Bonchev–Trinajstić information content (AvgIpc) is 2.30. The van der Waals surface area contributed by atoms with Gasteiger partial charge in [-0.1, -0.05) is 43.7 Å². The molecule has 0 unspecified atom stereocenters. The van der Waals surface area contributed by atoms with Gasteiger partial charge in [0.2, 0.25) is 0 Å². The normalized spacial score (nSPS) is 15.4. The Labute approximate surface area is 126 Å². The van der Waals surface area contributed by atoms with E-state index in [2.05, 4.69) is 0 Å². The molecule has 0 aromatic carbocycles. The van der Waals surface area contributed by atoms with Crippen molar-refractivity contribution < 1.29 is 5.11 Å². The van der Waals surface area contributed by atoms with Crippen molar-refractivity contribution in [3.05, 3.63) is 0 Å². The fraction of sp³-hybridized carbons (Fsp3) is 0.833. The highest BCUT2D eigenvalue weighted by Crippen LogP contribution is 2.16. The fourth-order valence-electron chi connectivity index (χ4n) is 1.34. The van der Waals surface area contributed by atoms with E-state index in [1.165, 1.54) is 31.0 Å². The molecule has 0 spiro atoms. The summed E-state index contributed by atoms with van der Waals surface area (Å²) in [4.78, 5) is 3.74. The molecule has 1 N–H and O–H groups in total. The van der Waals surface area contributed by atoms with Gasteiger partial charge in [0.1, 0.15) is 8.64 Å². The summed E-state index contributed by atoms with van der Waals surface area (Å²) < 4.78 is 1.59. The van der Waals surface area contributed by atoms with Crippen LogP contribution in [0, 0.1) is 0 Å². The van der Waals surface area contributed by atoms with Gasteiger partial charge in [-0.15, -0.1) is 0 Å². The zero-order valence-electron chi connectivity index (χ0n) is 11.7. The molecule has 1 aliphatic rings. The third-order valence-corrected chi connectivity index (χ3v) is 4.79. The van der Waals surface area contributed by atoms with Crippen LogP contribution in [-0.2, 0) is 0 Å². The standard InChI is InChI=1S/C6H12N2S3.C6H12O/c1-7(2)5(9)11-6(10)8(3)4;7-6-4-2-1-3-5-6/h1-4H3;6-7H,1-5H2. The quantitative estimate of drug-likeness (QED) is 0.692. The maximum atomic E-state index is 8.91. The van der Waals surface area contributed by atoms with E-state index in [0.717, 1.165) is 21.5 Å². The van der Waals surface area contributed by atoms with Gasteiger partial charge in [0, 0.05) is 28.2 Å². The zero-order valence-corrected chi connectivity index (χ0v) is 14.1. The molecule has 1 fully saturated rings. The smallest absolute Gasteiger partial charge is 0.142 e. The van der Waals surface area contributed by atoms with Crippen LogP contribution in [0.2, 0.25) is 0 Å². The highest BCUT2D eigenvalue weighted by atomic mass is 32.2. The Morgan fingerprint density at radius 2 is 1.33 bits per heavy atom. The second-order valence-electron chi connectivity index (χ2n) is 4.71. The van der Waals surface area contributed by atoms with Gasteiger partial charge in [0.15, 0.2) is 0 Å². The molecular weight excluding hydrogens is 284 g/mol. The van der Waals surface area contributed by atoms with Crippen molar-refractivity contribution in [3.8, 4) is 0 Å². The van der Waals surface area contributed by atoms with Gasteiger partial charge in [-0.2, -0.15) is 0 Å². The number of rotatable bonds is 0. The fourth-order valence-corrected chi connectivity index (χ4v) is 2.48. The zero-order chi connectivity index (χ0) is 14.1. The Kier molecular flexibility index (Phi) is 10.00. The third kappa shape index (κ3) is 9.08. The van der Waals surface area contributed by atoms with Crippen LogP contribution in [-0.4, -0.2) is 57.8 Å². The van der Waals surface area contributed by atoms with Crippen molar-refractivity contribution in [3.63, 3.8) is 0 Å². The first-order valence-electron chi connectivity index (χ1n) is 6.13. The van der Waals surface area contributed by atoms with Crippen LogP contribution in [0.3, 0.4) is 0 Å². The van der Waals surface area contributed by atoms with E-state index in [9.17, 15) is 0 Å². The van der Waals surface area contributed by atoms with E-state index < -0.39 is 0 Å². The highest BCUT2D eigenvalue weighted by Gasteiger charge is 2.07. The van der Waals surface area contributed by atoms with Crippen LogP contribution in [0.4, 0.5) is 0 Å². The monoisotopic (exact) mass is 308 g/mol. The van der Waals surface area contributed by atoms with Crippen LogP contribution in [0.15, 0.2) is 0 Å². The Hall–Kier alpha value is 0.0900. The van der Waals surface area contributed by atoms with Crippen molar-refractivity contribution in [2.75, 3.05) is 28.2 Å². The Balaban J connectivity index is 0.000000351. The molecule has 0 atom stereocenters. The summed E-state index contributed by atoms with van der Waals surface area (Å²) in [6.07, 6.45) is 5.92. The molecule has 6 heteroatoms. The molecule has 0 amide bonds. The van der Waals surface area contributed by atoms with Crippen molar-refractivity contribution in [1.29, 1.82) is 0 Å². The molecule has 0 heterocycles. The van der Waals surface area contributed by atoms with Gasteiger partial charge in [0.05, 0.1) is 6.10 Å². The van der Waals surface area contributed by atoms with Gasteiger partial charge < -0.3 is 14.9 Å². The summed E-state index contributed by atoms with van der Waals surface area (Å²) in [5.74, 6) is 0. The first-order valence-corrected chi connectivity index (χ1v) is 7.76. The van der Waals surface area contributed by atoms with E-state index in [4.69, 9.17) is 29.5 Å². The van der Waals surface area contributed by atoms with Crippen LogP contribution < -0.4 is 0 Å². The predicted octanol–water partition coefficient (Wildman–Crippen LogP) is 2.72. The molecule has 0 aromatic rings. The topological polar surface area (TPSA) is 26.7 Å². The Morgan fingerprint density at radius 3 is 1.56 bits per heavy atom. The second-order valence-corrected chi connectivity index (χ2v) is 6.98. The SMILES string of the molecule is CN(C)C(=S)SC(=S)N(C)C.OC1CCCCC1. The van der Waals surface area contributed by atoms with Crippen molar-refractivity contribution in [1.82, 2.24) is 9.80 Å². The van der Waals surface area contributed by atoms with E-state index in [-0.39, 0.29) is 6.10 Å². The van der Waals surface area contributed by atoms with E-state index >= 15 is 0 Å². The molecule has 106 valence electrons. The summed E-state index contributed by atoms with van der Waals surface area (Å²) in [7, 11) is 7.64. The lowest BCUT2D eigenvalue weighted by molar-refractivity contribution is 0.130. The number of aliphatic hydroxyl groups excluding tert-OH is 1. The van der Waals surface area contributed by atoms with Crippen molar-refractivity contribution >= 4 is 44.8 Å². The van der Waals surface area contributed by atoms with Crippen molar-refractivity contribution in [2.24, 2.45) is 0 Å². The number of thioether (sulfide) groups is 1. The van der Waals surface area contributed by atoms with Gasteiger partial charge >= 0.3 is 0 Å². The largest absolute Gasteiger partial charge is 0.393 e. The number of nitrogens with zero attached hydrogens (tertiary/aromatic N) is 2. The maximum Gasteiger partial charge on any atom is 0.142 e. The number of hydrogen-bond donors (Lipinski definition) is 1. The molecule has 1 aliphatic carbocycles. The Bertz CT molecular complexity index is 246. The molecule has 0 aromatic heterocycles. The number of thiocarbonyl (C=S) groups is 2. The molecule has 0 bridgehead atoms. The minimum atomic E-state index is 0.0359. The summed E-state index contributed by atoms with van der Waals surface area (Å²) in [6, 6.07) is 0. The highest BCUT2D eigenvalue weighted by molar-refractivity contribution is 8.37. The van der Waals surface area contributed by atoms with Gasteiger partial charge in [-0.25, -0.2) is 0 Å². The third-order valence-electron chi connectivity index (χ3n) is 2.48. The average molecular weight is 309 g/mol. The summed E-state index contributed by atoms with van der Waals surface area (Å²) in [5.41, 5.74) is 0. The molecule has 0 radical (unpaired) electrons. The summed E-state index contributed by atoms with van der Waals surface area (Å²) >= 11 is 11.5. The first kappa shape index (κ1) is 18.1. The minimum Gasteiger partial charge on any atom is -0.393 e. The van der Waals surface area contributed by atoms with Crippen LogP contribution >= 0.6 is 36.2 Å². The summed E-state index contributed by atoms with van der Waals surface area (Å²) in [5, 5.41) is 8.91. The van der Waals surface area contributed by atoms with Crippen LogP contribution in [0.5, 0.6) is 0 Å². The molecular formula is C12H24N2OS3. The number of hydrogen-bond acceptors (Lipinski definition) is 4. The van der Waals surface area contributed by atoms with Crippen LogP contribution in [0.1, 0.15) is 32.1 Å². The molecule has 0 aliphatic heterocycles. The van der Waals surface area contributed by atoms with Crippen LogP contribution in [0.25, 0.3) is 0 Å². The maximum absolute atomic E-state index is 8.91. The molecule has 18 heavy (non-hydrogen) atoms.